The minimum atomic E-state index is -0.0580. The topological polar surface area (TPSA) is 61.0 Å². The fourth-order valence-corrected chi connectivity index (χ4v) is 7.24. The van der Waals surface area contributed by atoms with Crippen molar-refractivity contribution in [2.75, 3.05) is 0 Å². The van der Waals surface area contributed by atoms with Gasteiger partial charge in [-0.25, -0.2) is 0 Å². The van der Waals surface area contributed by atoms with Crippen LogP contribution in [0, 0.1) is 5.41 Å². The number of rotatable bonds is 8. The molecule has 0 aliphatic heterocycles. The number of aromatic nitrogens is 3. The van der Waals surface area contributed by atoms with E-state index in [-0.39, 0.29) is 5.60 Å². The number of pyridine rings is 2. The van der Waals surface area contributed by atoms with Gasteiger partial charge in [0.2, 0.25) is 0 Å². The molecule has 0 radical (unpaired) electrons. The second-order valence-electron chi connectivity index (χ2n) is 11.6. The van der Waals surface area contributed by atoms with E-state index >= 15 is 0 Å². The SMILES string of the molecule is Clc1cncc(Cl)c1-c1noc(C2CC2)c1COC12CCC(CCc3ccc4ncccc4c3)(CC1)CC2. The van der Waals surface area contributed by atoms with Crippen molar-refractivity contribution in [3.63, 3.8) is 0 Å². The van der Waals surface area contributed by atoms with Gasteiger partial charge in [0.25, 0.3) is 0 Å². The number of aryl methyl sites for hydroxylation is 1. The lowest BCUT2D eigenvalue weighted by molar-refractivity contribution is -0.145. The van der Waals surface area contributed by atoms with E-state index in [1.165, 1.54) is 36.6 Å². The molecule has 7 heteroatoms. The molecular weight excluding hydrogens is 517 g/mol. The second-order valence-corrected chi connectivity index (χ2v) is 12.4. The Hall–Kier alpha value is -2.47. The summed E-state index contributed by atoms with van der Waals surface area (Å²) in [4.78, 5) is 8.56. The molecule has 4 aromatic rings. The van der Waals surface area contributed by atoms with Gasteiger partial charge in [0.15, 0.2) is 0 Å². The average molecular weight is 549 g/mol. The van der Waals surface area contributed by atoms with E-state index in [4.69, 9.17) is 32.5 Å². The molecule has 0 atom stereocenters. The minimum Gasteiger partial charge on any atom is -0.370 e. The summed E-state index contributed by atoms with van der Waals surface area (Å²) in [6, 6.07) is 10.9. The summed E-state index contributed by atoms with van der Waals surface area (Å²) in [7, 11) is 0. The largest absolute Gasteiger partial charge is 0.370 e. The van der Waals surface area contributed by atoms with E-state index in [0.29, 0.717) is 39.2 Å². The lowest BCUT2D eigenvalue weighted by Crippen LogP contribution is -2.47. The summed E-state index contributed by atoms with van der Waals surface area (Å²) in [6.45, 7) is 0.484. The fraction of sp³-hybridized carbons (Fsp3) is 0.452. The van der Waals surface area contributed by atoms with Crippen LogP contribution in [-0.2, 0) is 17.8 Å². The first-order chi connectivity index (χ1) is 18.5. The molecule has 3 heterocycles. The molecule has 1 aromatic carbocycles. The van der Waals surface area contributed by atoms with Gasteiger partial charge in [-0.2, -0.15) is 0 Å². The Morgan fingerprint density at radius 1 is 0.974 bits per heavy atom. The van der Waals surface area contributed by atoms with Gasteiger partial charge in [0.05, 0.1) is 27.8 Å². The van der Waals surface area contributed by atoms with Crippen molar-refractivity contribution in [1.82, 2.24) is 15.1 Å². The number of hydrogen-bond acceptors (Lipinski definition) is 5. The first-order valence-electron chi connectivity index (χ1n) is 13.8. The zero-order valence-corrected chi connectivity index (χ0v) is 22.9. The normalized spacial score (nSPS) is 24.8. The number of hydrogen-bond donors (Lipinski definition) is 0. The van der Waals surface area contributed by atoms with Crippen molar-refractivity contribution in [1.29, 1.82) is 0 Å². The Bertz CT molecular complexity index is 1450. The van der Waals surface area contributed by atoms with Gasteiger partial charge >= 0.3 is 0 Å². The molecular formula is C31H31Cl2N3O2. The lowest BCUT2D eigenvalue weighted by Gasteiger charge is -2.53. The van der Waals surface area contributed by atoms with Crippen LogP contribution in [0.1, 0.15) is 80.6 Å². The first kappa shape index (κ1) is 24.6. The minimum absolute atomic E-state index is 0.0580. The van der Waals surface area contributed by atoms with Crippen molar-refractivity contribution in [2.45, 2.75) is 82.3 Å². The zero-order valence-electron chi connectivity index (χ0n) is 21.4. The fourth-order valence-electron chi connectivity index (χ4n) is 6.70. The Morgan fingerprint density at radius 3 is 2.47 bits per heavy atom. The van der Waals surface area contributed by atoms with Crippen molar-refractivity contribution in [3.8, 4) is 11.3 Å². The number of fused-ring (bicyclic) bond motifs is 4. The van der Waals surface area contributed by atoms with Crippen LogP contribution < -0.4 is 0 Å². The highest BCUT2D eigenvalue weighted by atomic mass is 35.5. The van der Waals surface area contributed by atoms with Crippen LogP contribution in [-0.4, -0.2) is 20.7 Å². The van der Waals surface area contributed by atoms with Crippen LogP contribution in [0.25, 0.3) is 22.2 Å². The highest BCUT2D eigenvalue weighted by molar-refractivity contribution is 6.38. The first-order valence-corrected chi connectivity index (χ1v) is 14.5. The number of nitrogens with zero attached hydrogens (tertiary/aromatic N) is 3. The monoisotopic (exact) mass is 547 g/mol. The molecule has 2 bridgehead atoms. The molecule has 38 heavy (non-hydrogen) atoms. The Labute approximate surface area is 232 Å². The number of ether oxygens (including phenoxy) is 1. The molecule has 4 aliphatic rings. The van der Waals surface area contributed by atoms with E-state index < -0.39 is 0 Å². The number of halogens is 2. The maximum atomic E-state index is 6.81. The molecule has 0 amide bonds. The number of benzene rings is 1. The van der Waals surface area contributed by atoms with E-state index in [9.17, 15) is 0 Å². The molecule has 0 spiro atoms. The zero-order chi connectivity index (χ0) is 25.7. The van der Waals surface area contributed by atoms with Gasteiger partial charge in [0.1, 0.15) is 11.5 Å². The Balaban J connectivity index is 1.04. The van der Waals surface area contributed by atoms with Crippen LogP contribution in [0.5, 0.6) is 0 Å². The second kappa shape index (κ2) is 9.62. The molecule has 0 N–H and O–H groups in total. The van der Waals surface area contributed by atoms with E-state index in [1.54, 1.807) is 12.4 Å². The highest BCUT2D eigenvalue weighted by Crippen LogP contribution is 2.56. The summed E-state index contributed by atoms with van der Waals surface area (Å²) in [6.07, 6.45) is 16.7. The summed E-state index contributed by atoms with van der Waals surface area (Å²) in [5, 5.41) is 6.61. The average Bonchev–Trinajstić information content (AvgIpc) is 3.72. The van der Waals surface area contributed by atoms with Crippen molar-refractivity contribution in [3.05, 3.63) is 75.9 Å². The molecule has 4 saturated carbocycles. The molecule has 5 nitrogen and oxygen atoms in total. The Morgan fingerprint density at radius 2 is 1.74 bits per heavy atom. The predicted molar refractivity (Wildman–Crippen MR) is 149 cm³/mol. The molecule has 196 valence electrons. The van der Waals surface area contributed by atoms with Gasteiger partial charge < -0.3 is 9.26 Å². The van der Waals surface area contributed by atoms with Crippen LogP contribution in [0.15, 0.2) is 53.4 Å². The molecule has 4 fully saturated rings. The maximum absolute atomic E-state index is 6.81. The molecule has 0 saturated heterocycles. The van der Waals surface area contributed by atoms with Gasteiger partial charge in [-0.15, -0.1) is 0 Å². The van der Waals surface area contributed by atoms with Crippen LogP contribution in [0.2, 0.25) is 10.0 Å². The quantitative estimate of drug-likeness (QED) is 0.220. The van der Waals surface area contributed by atoms with E-state index in [0.717, 1.165) is 55.4 Å². The molecule has 0 unspecified atom stereocenters. The Kier molecular flexibility index (Phi) is 6.22. The lowest BCUT2D eigenvalue weighted by atomic mass is 9.57. The summed E-state index contributed by atoms with van der Waals surface area (Å²) >= 11 is 13.0. The summed E-state index contributed by atoms with van der Waals surface area (Å²) in [5.74, 6) is 1.36. The smallest absolute Gasteiger partial charge is 0.145 e. The van der Waals surface area contributed by atoms with Gasteiger partial charge in [-0.05, 0) is 93.4 Å². The van der Waals surface area contributed by atoms with Crippen molar-refractivity contribution >= 4 is 34.1 Å². The molecule has 8 rings (SSSR count). The van der Waals surface area contributed by atoms with Crippen LogP contribution >= 0.6 is 23.2 Å². The van der Waals surface area contributed by atoms with Crippen LogP contribution in [0.3, 0.4) is 0 Å². The van der Waals surface area contributed by atoms with Crippen LogP contribution in [0.4, 0.5) is 0 Å². The summed E-state index contributed by atoms with van der Waals surface area (Å²) in [5.41, 5.74) is 5.26. The third-order valence-corrected chi connectivity index (χ3v) is 9.90. The highest BCUT2D eigenvalue weighted by Gasteiger charge is 2.49. The molecule has 3 aromatic heterocycles. The summed E-state index contributed by atoms with van der Waals surface area (Å²) < 4.78 is 12.7. The predicted octanol–water partition coefficient (Wildman–Crippen LogP) is 8.71. The van der Waals surface area contributed by atoms with E-state index in [2.05, 4.69) is 39.4 Å². The van der Waals surface area contributed by atoms with Crippen molar-refractivity contribution < 1.29 is 9.26 Å². The van der Waals surface area contributed by atoms with E-state index in [1.807, 2.05) is 12.3 Å². The van der Waals surface area contributed by atoms with Gasteiger partial charge in [0, 0.05) is 41.0 Å². The molecule has 4 aliphatic carbocycles. The third kappa shape index (κ3) is 4.53. The van der Waals surface area contributed by atoms with Gasteiger partial charge in [-0.1, -0.05) is 40.5 Å². The third-order valence-electron chi connectivity index (χ3n) is 9.32. The maximum Gasteiger partial charge on any atom is 0.145 e. The van der Waals surface area contributed by atoms with Gasteiger partial charge in [-0.3, -0.25) is 9.97 Å². The standard InChI is InChI=1S/C31H31Cl2N3O2/c32-24-17-34-18-25(33)27(24)28-23(29(38-36-28)21-4-5-21)19-37-31-12-9-30(10-13-31,11-14-31)8-7-20-3-6-26-22(16-20)2-1-15-35-26/h1-3,6,15-18,21H,4-5,7-14,19H2. The van der Waals surface area contributed by atoms with Crippen molar-refractivity contribution in [2.24, 2.45) is 5.41 Å².